The van der Waals surface area contributed by atoms with E-state index in [1.807, 2.05) is 37.3 Å². The summed E-state index contributed by atoms with van der Waals surface area (Å²) in [5, 5.41) is 0. The lowest BCUT2D eigenvalue weighted by molar-refractivity contribution is -0.133. The normalized spacial score (nSPS) is 12.5. The topological polar surface area (TPSA) is 60.4 Å². The summed E-state index contributed by atoms with van der Waals surface area (Å²) in [6.45, 7) is 1.81. The van der Waals surface area contributed by atoms with Crippen molar-refractivity contribution in [3.05, 3.63) is 65.7 Å². The lowest BCUT2D eigenvalue weighted by Gasteiger charge is -2.11. The molecule has 0 fully saturated rings. The third-order valence-corrected chi connectivity index (χ3v) is 4.67. The number of sulfone groups is 1. The predicted octanol–water partition coefficient (Wildman–Crippen LogP) is 3.19. The van der Waals surface area contributed by atoms with Crippen molar-refractivity contribution in [3.8, 4) is 0 Å². The van der Waals surface area contributed by atoms with Crippen molar-refractivity contribution < 1.29 is 17.9 Å². The number of carbonyl (C=O) groups excluding carboxylic acids is 1. The van der Waals surface area contributed by atoms with Gasteiger partial charge in [0.15, 0.2) is 9.84 Å². The van der Waals surface area contributed by atoms with Crippen molar-refractivity contribution in [2.75, 3.05) is 13.4 Å². The molecule has 0 aliphatic carbocycles. The highest BCUT2D eigenvalue weighted by Gasteiger charge is 2.17. The van der Waals surface area contributed by atoms with Gasteiger partial charge in [-0.3, -0.25) is 0 Å². The standard InChI is InChI=1S/C18H18O4S/c1-13(14-9-11-16(12-10-14)23(3,20)21)17(18(19)22-2)15-7-5-4-6-8-15/h4-12H,1-3H3/b17-13-. The van der Waals surface area contributed by atoms with Gasteiger partial charge in [-0.05, 0) is 35.8 Å². The summed E-state index contributed by atoms with van der Waals surface area (Å²) < 4.78 is 28.0. The first kappa shape index (κ1) is 17.0. The summed E-state index contributed by atoms with van der Waals surface area (Å²) in [5.41, 5.74) is 2.70. The minimum absolute atomic E-state index is 0.244. The molecule has 0 heterocycles. The van der Waals surface area contributed by atoms with E-state index in [2.05, 4.69) is 0 Å². The predicted molar refractivity (Wildman–Crippen MR) is 90.5 cm³/mol. The van der Waals surface area contributed by atoms with E-state index in [1.54, 1.807) is 12.1 Å². The first-order chi connectivity index (χ1) is 10.8. The molecule has 0 aromatic heterocycles. The fourth-order valence-electron chi connectivity index (χ4n) is 2.29. The van der Waals surface area contributed by atoms with E-state index in [0.29, 0.717) is 5.57 Å². The fourth-order valence-corrected chi connectivity index (χ4v) is 2.92. The van der Waals surface area contributed by atoms with E-state index in [4.69, 9.17) is 4.74 Å². The van der Waals surface area contributed by atoms with Gasteiger partial charge in [-0.15, -0.1) is 0 Å². The zero-order valence-electron chi connectivity index (χ0n) is 13.2. The monoisotopic (exact) mass is 330 g/mol. The van der Waals surface area contributed by atoms with Crippen LogP contribution in [-0.2, 0) is 19.4 Å². The second-order valence-electron chi connectivity index (χ2n) is 5.15. The Balaban J connectivity index is 2.57. The van der Waals surface area contributed by atoms with Crippen molar-refractivity contribution in [2.45, 2.75) is 11.8 Å². The van der Waals surface area contributed by atoms with Gasteiger partial charge < -0.3 is 4.74 Å². The molecule has 4 nitrogen and oxygen atoms in total. The highest BCUT2D eigenvalue weighted by Crippen LogP contribution is 2.27. The summed E-state index contributed by atoms with van der Waals surface area (Å²) in [4.78, 5) is 12.4. The summed E-state index contributed by atoms with van der Waals surface area (Å²) in [7, 11) is -1.91. The molecule has 2 aromatic carbocycles. The first-order valence-electron chi connectivity index (χ1n) is 6.99. The maximum Gasteiger partial charge on any atom is 0.338 e. The van der Waals surface area contributed by atoms with Gasteiger partial charge in [-0.1, -0.05) is 42.5 Å². The number of ether oxygens (including phenoxy) is 1. The molecule has 0 radical (unpaired) electrons. The van der Waals surface area contributed by atoms with Crippen LogP contribution in [-0.4, -0.2) is 27.8 Å². The van der Waals surface area contributed by atoms with Crippen LogP contribution < -0.4 is 0 Å². The van der Waals surface area contributed by atoms with E-state index < -0.39 is 15.8 Å². The first-order valence-corrected chi connectivity index (χ1v) is 8.89. The average molecular weight is 330 g/mol. The molecule has 0 spiro atoms. The van der Waals surface area contributed by atoms with Crippen molar-refractivity contribution in [1.29, 1.82) is 0 Å². The number of methoxy groups -OCH3 is 1. The molecule has 0 aliphatic heterocycles. The molecule has 0 N–H and O–H groups in total. The van der Waals surface area contributed by atoms with E-state index in [0.717, 1.165) is 23.0 Å². The van der Waals surface area contributed by atoms with Gasteiger partial charge in [0.2, 0.25) is 0 Å². The molecule has 2 rings (SSSR count). The highest BCUT2D eigenvalue weighted by atomic mass is 32.2. The molecular formula is C18H18O4S. The van der Waals surface area contributed by atoms with Crippen LogP contribution in [0.4, 0.5) is 0 Å². The average Bonchev–Trinajstić information content (AvgIpc) is 2.55. The Labute approximate surface area is 136 Å². The number of carbonyl (C=O) groups is 1. The minimum Gasteiger partial charge on any atom is -0.465 e. The largest absolute Gasteiger partial charge is 0.465 e. The van der Waals surface area contributed by atoms with Gasteiger partial charge in [0.05, 0.1) is 17.6 Å². The summed E-state index contributed by atoms with van der Waals surface area (Å²) in [6, 6.07) is 15.7. The molecule has 0 atom stereocenters. The van der Waals surface area contributed by atoms with Gasteiger partial charge in [-0.25, -0.2) is 13.2 Å². The zero-order valence-corrected chi connectivity index (χ0v) is 14.1. The minimum atomic E-state index is -3.25. The zero-order chi connectivity index (χ0) is 17.0. The molecule has 0 unspecified atom stereocenters. The summed E-state index contributed by atoms with van der Waals surface area (Å²) >= 11 is 0. The lowest BCUT2D eigenvalue weighted by Crippen LogP contribution is -2.06. The smallest absolute Gasteiger partial charge is 0.338 e. The maximum absolute atomic E-state index is 12.2. The molecular weight excluding hydrogens is 312 g/mol. The van der Waals surface area contributed by atoms with Gasteiger partial charge in [0, 0.05) is 6.26 Å². The van der Waals surface area contributed by atoms with Gasteiger partial charge in [0.1, 0.15) is 0 Å². The van der Waals surface area contributed by atoms with Crippen LogP contribution in [0.15, 0.2) is 59.5 Å². The van der Waals surface area contributed by atoms with Crippen LogP contribution in [0.1, 0.15) is 18.1 Å². The number of allylic oxidation sites excluding steroid dienone is 1. The van der Waals surface area contributed by atoms with Gasteiger partial charge in [0.25, 0.3) is 0 Å². The Bertz CT molecular complexity index is 832. The van der Waals surface area contributed by atoms with E-state index in [9.17, 15) is 13.2 Å². The number of benzene rings is 2. The van der Waals surface area contributed by atoms with Crippen molar-refractivity contribution >= 4 is 27.0 Å². The third kappa shape index (κ3) is 3.87. The van der Waals surface area contributed by atoms with E-state index >= 15 is 0 Å². The van der Waals surface area contributed by atoms with Gasteiger partial charge >= 0.3 is 5.97 Å². The molecule has 0 saturated heterocycles. The van der Waals surface area contributed by atoms with Gasteiger partial charge in [-0.2, -0.15) is 0 Å². The van der Waals surface area contributed by atoms with E-state index in [1.165, 1.54) is 19.2 Å². The molecule has 120 valence electrons. The van der Waals surface area contributed by atoms with E-state index in [-0.39, 0.29) is 4.90 Å². The third-order valence-electron chi connectivity index (χ3n) is 3.54. The second-order valence-corrected chi connectivity index (χ2v) is 7.17. The van der Waals surface area contributed by atoms with Crippen LogP contribution >= 0.6 is 0 Å². The Morgan fingerprint density at radius 1 is 0.913 bits per heavy atom. The van der Waals surface area contributed by atoms with Crippen molar-refractivity contribution in [2.24, 2.45) is 0 Å². The molecule has 0 aliphatic rings. The molecule has 2 aromatic rings. The van der Waals surface area contributed by atoms with Crippen molar-refractivity contribution in [3.63, 3.8) is 0 Å². The second kappa shape index (κ2) is 6.79. The number of esters is 1. The SMILES string of the molecule is COC(=O)/C(=C(/C)c1ccc(S(C)(=O)=O)cc1)c1ccccc1. The molecule has 0 saturated carbocycles. The highest BCUT2D eigenvalue weighted by molar-refractivity contribution is 7.90. The van der Waals surface area contributed by atoms with Crippen LogP contribution in [0.5, 0.6) is 0 Å². The Hall–Kier alpha value is -2.40. The lowest BCUT2D eigenvalue weighted by atomic mass is 9.96. The fraction of sp³-hybridized carbons (Fsp3) is 0.167. The van der Waals surface area contributed by atoms with Crippen LogP contribution in [0.3, 0.4) is 0 Å². The molecule has 5 heteroatoms. The quantitative estimate of drug-likeness (QED) is 0.491. The molecule has 23 heavy (non-hydrogen) atoms. The maximum atomic E-state index is 12.2. The Morgan fingerprint density at radius 2 is 1.48 bits per heavy atom. The molecule has 0 amide bonds. The van der Waals surface area contributed by atoms with Crippen LogP contribution in [0.2, 0.25) is 0 Å². The Kier molecular flexibility index (Phi) is 5.01. The number of hydrogen-bond acceptors (Lipinski definition) is 4. The number of rotatable bonds is 4. The van der Waals surface area contributed by atoms with Crippen molar-refractivity contribution in [1.82, 2.24) is 0 Å². The van der Waals surface area contributed by atoms with Crippen LogP contribution in [0, 0.1) is 0 Å². The Morgan fingerprint density at radius 3 is 1.96 bits per heavy atom. The van der Waals surface area contributed by atoms with Crippen LogP contribution in [0.25, 0.3) is 11.1 Å². The number of hydrogen-bond donors (Lipinski definition) is 0. The summed E-state index contributed by atoms with van der Waals surface area (Å²) in [6.07, 6.45) is 1.16. The summed E-state index contributed by atoms with van der Waals surface area (Å²) in [5.74, 6) is -0.430. The molecule has 0 bridgehead atoms.